The van der Waals surface area contributed by atoms with Crippen molar-refractivity contribution in [3.05, 3.63) is 47.7 Å². The van der Waals surface area contributed by atoms with Crippen molar-refractivity contribution in [1.82, 2.24) is 4.98 Å². The molecule has 8 nitrogen and oxygen atoms in total. The molecule has 1 amide bonds. The van der Waals surface area contributed by atoms with Crippen LogP contribution < -0.4 is 20.1 Å². The molecule has 1 aromatic carbocycles. The van der Waals surface area contributed by atoms with E-state index in [2.05, 4.69) is 4.98 Å². The monoisotopic (exact) mass is 411 g/mol. The molecule has 2 N–H and O–H groups in total. The van der Waals surface area contributed by atoms with Gasteiger partial charge in [0.25, 0.3) is 0 Å². The van der Waals surface area contributed by atoms with E-state index in [0.29, 0.717) is 36.1 Å². The number of nitrogens with zero attached hydrogens (tertiary/aromatic N) is 2. The number of carbonyl (C=O) groups excluding carboxylic acids is 2. The van der Waals surface area contributed by atoms with Gasteiger partial charge in [-0.05, 0) is 43.0 Å². The summed E-state index contributed by atoms with van der Waals surface area (Å²) in [7, 11) is 1.54. The van der Waals surface area contributed by atoms with Crippen LogP contribution in [0, 0.1) is 5.92 Å². The van der Waals surface area contributed by atoms with Gasteiger partial charge in [-0.2, -0.15) is 0 Å². The predicted molar refractivity (Wildman–Crippen MR) is 110 cm³/mol. The molecule has 3 heterocycles. The fraction of sp³-hybridized carbons (Fsp3) is 0.409. The van der Waals surface area contributed by atoms with E-state index in [1.807, 2.05) is 6.07 Å². The number of fused-ring (bicyclic) bond motifs is 1. The number of pyridine rings is 1. The average molecular weight is 411 g/mol. The minimum atomic E-state index is -0.816. The van der Waals surface area contributed by atoms with E-state index in [-0.39, 0.29) is 30.9 Å². The summed E-state index contributed by atoms with van der Waals surface area (Å²) in [5.74, 6) is -0.212. The van der Waals surface area contributed by atoms with Crippen molar-refractivity contribution in [2.24, 2.45) is 11.7 Å². The van der Waals surface area contributed by atoms with Gasteiger partial charge in [0, 0.05) is 37.1 Å². The van der Waals surface area contributed by atoms with E-state index in [9.17, 15) is 9.59 Å². The highest BCUT2D eigenvalue weighted by Crippen LogP contribution is 2.37. The van der Waals surface area contributed by atoms with Crippen LogP contribution in [0.15, 0.2) is 36.5 Å². The minimum Gasteiger partial charge on any atom is -0.481 e. The Kier molecular flexibility index (Phi) is 5.96. The van der Waals surface area contributed by atoms with Gasteiger partial charge in [-0.3, -0.25) is 15.3 Å². The molecule has 0 bridgehead atoms. The molecule has 1 aromatic heterocycles. The number of ether oxygens (including phenoxy) is 3. The number of aromatic nitrogens is 1. The first-order chi connectivity index (χ1) is 14.6. The van der Waals surface area contributed by atoms with Gasteiger partial charge < -0.3 is 19.1 Å². The quantitative estimate of drug-likeness (QED) is 0.572. The first-order valence-electron chi connectivity index (χ1n) is 10.0. The molecule has 2 aliphatic rings. The molecule has 4 rings (SSSR count). The Morgan fingerprint density at radius 3 is 2.67 bits per heavy atom. The van der Waals surface area contributed by atoms with E-state index in [4.69, 9.17) is 19.9 Å². The number of amides is 1. The Bertz CT molecular complexity index is 925. The maximum atomic E-state index is 13.5. The van der Waals surface area contributed by atoms with Gasteiger partial charge in [0.05, 0.1) is 12.8 Å². The van der Waals surface area contributed by atoms with Crippen LogP contribution in [0.3, 0.4) is 0 Å². The molecule has 1 unspecified atom stereocenters. The van der Waals surface area contributed by atoms with Gasteiger partial charge in [0.2, 0.25) is 11.8 Å². The van der Waals surface area contributed by atoms with Crippen LogP contribution in [0.5, 0.6) is 11.6 Å². The lowest BCUT2D eigenvalue weighted by Crippen LogP contribution is -2.52. The molecule has 2 aromatic rings. The summed E-state index contributed by atoms with van der Waals surface area (Å²) in [6, 6.07) is 8.75. The van der Waals surface area contributed by atoms with Gasteiger partial charge in [-0.15, -0.1) is 0 Å². The predicted octanol–water partition coefficient (Wildman–Crippen LogP) is 1.95. The maximum absolute atomic E-state index is 13.5. The van der Waals surface area contributed by atoms with Crippen molar-refractivity contribution >= 4 is 17.4 Å². The number of anilines is 1. The van der Waals surface area contributed by atoms with Crippen molar-refractivity contribution in [1.29, 1.82) is 0 Å². The summed E-state index contributed by atoms with van der Waals surface area (Å²) in [4.78, 5) is 32.8. The molecule has 0 radical (unpaired) electrons. The summed E-state index contributed by atoms with van der Waals surface area (Å²) in [5.41, 5.74) is 7.40. The second-order valence-corrected chi connectivity index (χ2v) is 7.37. The molecule has 0 spiro atoms. The average Bonchev–Trinajstić information content (AvgIpc) is 2.78. The SMILES string of the molecule is COc1ccc(CC2C(=O)c3cc(OCN)ccc3N(C3CCOCC3)C2=O)cn1. The molecule has 8 heteroatoms. The van der Waals surface area contributed by atoms with Crippen molar-refractivity contribution in [3.63, 3.8) is 0 Å². The second-order valence-electron chi connectivity index (χ2n) is 7.37. The van der Waals surface area contributed by atoms with Crippen molar-refractivity contribution in [2.75, 3.05) is 32.0 Å². The summed E-state index contributed by atoms with van der Waals surface area (Å²) >= 11 is 0. The molecular formula is C22H25N3O5. The van der Waals surface area contributed by atoms with Gasteiger partial charge in [0.1, 0.15) is 18.4 Å². The first kappa shape index (κ1) is 20.3. The molecule has 30 heavy (non-hydrogen) atoms. The zero-order valence-electron chi connectivity index (χ0n) is 16.9. The molecule has 2 aliphatic heterocycles. The van der Waals surface area contributed by atoms with Crippen LogP contribution in [0.25, 0.3) is 0 Å². The molecule has 1 saturated heterocycles. The van der Waals surface area contributed by atoms with Gasteiger partial charge in [0.15, 0.2) is 5.78 Å². The van der Waals surface area contributed by atoms with Crippen LogP contribution in [0.1, 0.15) is 28.8 Å². The summed E-state index contributed by atoms with van der Waals surface area (Å²) < 4.78 is 15.9. The number of ketones is 1. The standard InChI is InChI=1S/C22H25N3O5/c1-28-20-5-2-14(12-24-20)10-18-21(26)17-11-16(30-13-23)3-4-19(17)25(22(18)27)15-6-8-29-9-7-15/h2-5,11-12,15,18H,6-10,13,23H2,1H3. The van der Waals surface area contributed by atoms with E-state index in [1.54, 1.807) is 42.5 Å². The number of methoxy groups -OCH3 is 1. The number of rotatable bonds is 6. The number of benzene rings is 1. The third-order valence-electron chi connectivity index (χ3n) is 5.60. The van der Waals surface area contributed by atoms with Crippen LogP contribution >= 0.6 is 0 Å². The summed E-state index contributed by atoms with van der Waals surface area (Å²) in [6.45, 7) is 1.20. The van der Waals surface area contributed by atoms with E-state index >= 15 is 0 Å². The first-order valence-corrected chi connectivity index (χ1v) is 10.0. The minimum absolute atomic E-state index is 0.00382. The lowest BCUT2D eigenvalue weighted by atomic mass is 9.84. The third kappa shape index (κ3) is 3.88. The Labute approximate surface area is 174 Å². The zero-order valence-corrected chi connectivity index (χ0v) is 16.9. The van der Waals surface area contributed by atoms with Gasteiger partial charge >= 0.3 is 0 Å². The number of Topliss-reactive ketones (excluding diaryl/α,β-unsaturated/α-hetero) is 1. The normalized spacial score (nSPS) is 19.5. The number of hydrogen-bond donors (Lipinski definition) is 1. The Hall–Kier alpha value is -2.97. The topological polar surface area (TPSA) is 104 Å². The Morgan fingerprint density at radius 2 is 2.00 bits per heavy atom. The fourth-order valence-corrected chi connectivity index (χ4v) is 4.08. The van der Waals surface area contributed by atoms with Crippen LogP contribution in [-0.2, 0) is 16.0 Å². The second kappa shape index (κ2) is 8.81. The van der Waals surface area contributed by atoms with Crippen LogP contribution in [0.2, 0.25) is 0 Å². The lowest BCUT2D eigenvalue weighted by Gasteiger charge is -2.40. The van der Waals surface area contributed by atoms with Crippen molar-refractivity contribution in [2.45, 2.75) is 25.3 Å². The zero-order chi connectivity index (χ0) is 21.1. The smallest absolute Gasteiger partial charge is 0.238 e. The number of hydrogen-bond acceptors (Lipinski definition) is 7. The van der Waals surface area contributed by atoms with Crippen LogP contribution in [-0.4, -0.2) is 49.8 Å². The largest absolute Gasteiger partial charge is 0.481 e. The Balaban J connectivity index is 1.70. The Morgan fingerprint density at radius 1 is 1.20 bits per heavy atom. The molecule has 0 saturated carbocycles. The van der Waals surface area contributed by atoms with Gasteiger partial charge in [-0.1, -0.05) is 6.07 Å². The highest BCUT2D eigenvalue weighted by molar-refractivity contribution is 6.22. The molecule has 0 aliphatic carbocycles. The maximum Gasteiger partial charge on any atom is 0.238 e. The van der Waals surface area contributed by atoms with E-state index in [0.717, 1.165) is 18.4 Å². The highest BCUT2D eigenvalue weighted by Gasteiger charge is 2.42. The van der Waals surface area contributed by atoms with Crippen molar-refractivity contribution < 1.29 is 23.8 Å². The van der Waals surface area contributed by atoms with E-state index in [1.165, 1.54) is 0 Å². The highest BCUT2D eigenvalue weighted by atomic mass is 16.5. The molecule has 1 fully saturated rings. The number of carbonyl (C=O) groups is 2. The lowest BCUT2D eigenvalue weighted by molar-refractivity contribution is -0.122. The van der Waals surface area contributed by atoms with E-state index < -0.39 is 5.92 Å². The number of nitrogens with two attached hydrogens (primary N) is 1. The third-order valence-corrected chi connectivity index (χ3v) is 5.60. The molecule has 158 valence electrons. The molecule has 1 atom stereocenters. The summed E-state index contributed by atoms with van der Waals surface area (Å²) in [5, 5.41) is 0. The fourth-order valence-electron chi connectivity index (χ4n) is 4.08. The van der Waals surface area contributed by atoms with Crippen molar-refractivity contribution in [3.8, 4) is 11.6 Å². The molecular weight excluding hydrogens is 386 g/mol. The van der Waals surface area contributed by atoms with Gasteiger partial charge in [-0.25, -0.2) is 4.98 Å². The van der Waals surface area contributed by atoms with Crippen LogP contribution in [0.4, 0.5) is 5.69 Å². The summed E-state index contributed by atoms with van der Waals surface area (Å²) in [6.07, 6.45) is 3.38.